The van der Waals surface area contributed by atoms with Crippen LogP contribution in [0.2, 0.25) is 0 Å². The van der Waals surface area contributed by atoms with E-state index in [9.17, 15) is 14.4 Å². The van der Waals surface area contributed by atoms with E-state index in [0.29, 0.717) is 16.9 Å². The van der Waals surface area contributed by atoms with Gasteiger partial charge < -0.3 is 15.1 Å². The van der Waals surface area contributed by atoms with Crippen molar-refractivity contribution in [1.82, 2.24) is 0 Å². The van der Waals surface area contributed by atoms with E-state index in [2.05, 4.69) is 24.1 Å². The van der Waals surface area contributed by atoms with E-state index in [0.717, 1.165) is 18.8 Å². The van der Waals surface area contributed by atoms with Crippen LogP contribution in [0.4, 0.5) is 17.1 Å². The summed E-state index contributed by atoms with van der Waals surface area (Å²) in [4.78, 5) is 39.7. The minimum absolute atomic E-state index is 0.0743. The first kappa shape index (κ1) is 21.2. The van der Waals surface area contributed by atoms with E-state index in [4.69, 9.17) is 0 Å². The minimum Gasteiger partial charge on any atom is -0.372 e. The molecule has 0 aliphatic carbocycles. The van der Waals surface area contributed by atoms with Crippen molar-refractivity contribution < 1.29 is 14.4 Å². The molecule has 6 nitrogen and oxygen atoms in total. The Morgan fingerprint density at radius 3 is 2.04 bits per heavy atom. The van der Waals surface area contributed by atoms with Crippen molar-refractivity contribution in [3.8, 4) is 0 Å². The number of nitrogens with one attached hydrogen (secondary N) is 1. The SMILES string of the molecule is CCN(CC)c1ccc(N(CC(=O)Nc2cccc(C(C)=O)c2)C(C)=O)cc1. The first-order chi connectivity index (χ1) is 13.3. The van der Waals surface area contributed by atoms with Crippen molar-refractivity contribution in [3.05, 3.63) is 54.1 Å². The number of ketones is 1. The maximum atomic E-state index is 12.5. The number of amides is 2. The molecule has 0 saturated carbocycles. The average molecular weight is 381 g/mol. The normalized spacial score (nSPS) is 10.3. The molecule has 28 heavy (non-hydrogen) atoms. The Kier molecular flexibility index (Phi) is 7.32. The van der Waals surface area contributed by atoms with Crippen LogP contribution in [-0.4, -0.2) is 37.2 Å². The number of benzene rings is 2. The van der Waals surface area contributed by atoms with Gasteiger partial charge >= 0.3 is 0 Å². The molecule has 0 heterocycles. The van der Waals surface area contributed by atoms with Crippen molar-refractivity contribution in [2.45, 2.75) is 27.7 Å². The number of carbonyl (C=O) groups is 3. The third kappa shape index (κ3) is 5.42. The van der Waals surface area contributed by atoms with Crippen LogP contribution >= 0.6 is 0 Å². The first-order valence-electron chi connectivity index (χ1n) is 9.39. The summed E-state index contributed by atoms with van der Waals surface area (Å²) in [5.41, 5.74) is 2.78. The lowest BCUT2D eigenvalue weighted by atomic mass is 10.1. The van der Waals surface area contributed by atoms with Gasteiger partial charge in [0.1, 0.15) is 6.54 Å². The van der Waals surface area contributed by atoms with E-state index in [1.807, 2.05) is 24.3 Å². The Hall–Kier alpha value is -3.15. The van der Waals surface area contributed by atoms with Gasteiger partial charge in [0, 0.05) is 42.6 Å². The quantitative estimate of drug-likeness (QED) is 0.708. The van der Waals surface area contributed by atoms with Gasteiger partial charge in [-0.1, -0.05) is 12.1 Å². The Morgan fingerprint density at radius 2 is 1.50 bits per heavy atom. The zero-order chi connectivity index (χ0) is 20.7. The van der Waals surface area contributed by atoms with E-state index >= 15 is 0 Å². The molecule has 6 heteroatoms. The summed E-state index contributed by atoms with van der Waals surface area (Å²) in [5.74, 6) is -0.623. The van der Waals surface area contributed by atoms with Gasteiger partial charge in [-0.15, -0.1) is 0 Å². The van der Waals surface area contributed by atoms with Crippen molar-refractivity contribution in [2.24, 2.45) is 0 Å². The number of carbonyl (C=O) groups excluding carboxylic acids is 3. The highest BCUT2D eigenvalue weighted by molar-refractivity contribution is 6.02. The van der Waals surface area contributed by atoms with Crippen LogP contribution in [-0.2, 0) is 9.59 Å². The van der Waals surface area contributed by atoms with Gasteiger partial charge in [0.25, 0.3) is 0 Å². The van der Waals surface area contributed by atoms with E-state index in [-0.39, 0.29) is 24.1 Å². The summed E-state index contributed by atoms with van der Waals surface area (Å²) in [6.07, 6.45) is 0. The summed E-state index contributed by atoms with van der Waals surface area (Å²) in [6.45, 7) is 8.77. The van der Waals surface area contributed by atoms with Gasteiger partial charge in [-0.05, 0) is 57.2 Å². The summed E-state index contributed by atoms with van der Waals surface area (Å²) < 4.78 is 0. The fraction of sp³-hybridized carbons (Fsp3) is 0.318. The molecule has 0 unspecified atom stereocenters. The second-order valence-electron chi connectivity index (χ2n) is 6.48. The lowest BCUT2D eigenvalue weighted by Gasteiger charge is -2.24. The maximum absolute atomic E-state index is 12.5. The van der Waals surface area contributed by atoms with Crippen molar-refractivity contribution >= 4 is 34.7 Å². The second kappa shape index (κ2) is 9.69. The molecule has 2 amide bonds. The van der Waals surface area contributed by atoms with Crippen molar-refractivity contribution in [2.75, 3.05) is 34.8 Å². The Balaban J connectivity index is 2.12. The lowest BCUT2D eigenvalue weighted by Crippen LogP contribution is -2.36. The molecule has 0 atom stereocenters. The van der Waals surface area contributed by atoms with Crippen LogP contribution in [0.1, 0.15) is 38.1 Å². The van der Waals surface area contributed by atoms with Gasteiger partial charge in [-0.3, -0.25) is 14.4 Å². The smallest absolute Gasteiger partial charge is 0.244 e. The highest BCUT2D eigenvalue weighted by Crippen LogP contribution is 2.21. The molecule has 0 spiro atoms. The van der Waals surface area contributed by atoms with Gasteiger partial charge in [0.15, 0.2) is 5.78 Å². The Bertz CT molecular complexity index is 842. The summed E-state index contributed by atoms with van der Waals surface area (Å²) >= 11 is 0. The molecule has 2 aromatic rings. The van der Waals surface area contributed by atoms with Crippen molar-refractivity contribution in [3.63, 3.8) is 0 Å². The first-order valence-corrected chi connectivity index (χ1v) is 9.39. The molecular weight excluding hydrogens is 354 g/mol. The lowest BCUT2D eigenvalue weighted by molar-refractivity contribution is -0.120. The van der Waals surface area contributed by atoms with Crippen LogP contribution in [0.15, 0.2) is 48.5 Å². The second-order valence-corrected chi connectivity index (χ2v) is 6.48. The maximum Gasteiger partial charge on any atom is 0.244 e. The standard InChI is InChI=1S/C22H27N3O3/c1-5-24(6-2)20-10-12-21(13-11-20)25(17(4)27)15-22(28)23-19-9-7-8-18(14-19)16(3)26/h7-14H,5-6,15H2,1-4H3,(H,23,28). The summed E-state index contributed by atoms with van der Waals surface area (Å²) in [6, 6.07) is 14.3. The van der Waals surface area contributed by atoms with Gasteiger partial charge in [0.2, 0.25) is 11.8 Å². The molecule has 148 valence electrons. The molecule has 0 saturated heterocycles. The summed E-state index contributed by atoms with van der Waals surface area (Å²) in [5, 5.41) is 2.75. The molecule has 2 aromatic carbocycles. The van der Waals surface area contributed by atoms with Gasteiger partial charge in [-0.2, -0.15) is 0 Å². The fourth-order valence-electron chi connectivity index (χ4n) is 2.98. The summed E-state index contributed by atoms with van der Waals surface area (Å²) in [7, 11) is 0. The fourth-order valence-corrected chi connectivity index (χ4v) is 2.98. The Morgan fingerprint density at radius 1 is 0.893 bits per heavy atom. The number of anilines is 3. The minimum atomic E-state index is -0.330. The van der Waals surface area contributed by atoms with Gasteiger partial charge in [-0.25, -0.2) is 0 Å². The zero-order valence-electron chi connectivity index (χ0n) is 16.9. The number of hydrogen-bond acceptors (Lipinski definition) is 4. The highest BCUT2D eigenvalue weighted by atomic mass is 16.2. The zero-order valence-corrected chi connectivity index (χ0v) is 16.9. The largest absolute Gasteiger partial charge is 0.372 e. The van der Waals surface area contributed by atoms with Gasteiger partial charge in [0.05, 0.1) is 0 Å². The van der Waals surface area contributed by atoms with E-state index in [1.54, 1.807) is 24.3 Å². The monoisotopic (exact) mass is 381 g/mol. The van der Waals surface area contributed by atoms with Crippen LogP contribution in [0, 0.1) is 0 Å². The van der Waals surface area contributed by atoms with E-state index in [1.165, 1.54) is 18.7 Å². The third-order valence-electron chi connectivity index (χ3n) is 4.52. The topological polar surface area (TPSA) is 69.7 Å². The van der Waals surface area contributed by atoms with Crippen LogP contribution in [0.25, 0.3) is 0 Å². The predicted molar refractivity (Wildman–Crippen MR) is 113 cm³/mol. The molecule has 0 radical (unpaired) electrons. The highest BCUT2D eigenvalue weighted by Gasteiger charge is 2.16. The predicted octanol–water partition coefficient (Wildman–Crippen LogP) is 3.73. The molecular formula is C22H27N3O3. The van der Waals surface area contributed by atoms with Crippen molar-refractivity contribution in [1.29, 1.82) is 0 Å². The Labute approximate surface area is 166 Å². The molecule has 0 fully saturated rings. The number of hydrogen-bond donors (Lipinski definition) is 1. The molecule has 0 aliphatic heterocycles. The molecule has 1 N–H and O–H groups in total. The molecule has 2 rings (SSSR count). The molecule has 0 bridgehead atoms. The van der Waals surface area contributed by atoms with Crippen LogP contribution < -0.4 is 15.1 Å². The van der Waals surface area contributed by atoms with Crippen LogP contribution in [0.5, 0.6) is 0 Å². The number of rotatable bonds is 8. The average Bonchev–Trinajstić information content (AvgIpc) is 2.67. The number of nitrogens with zero attached hydrogens (tertiary/aromatic N) is 2. The third-order valence-corrected chi connectivity index (χ3v) is 4.52. The molecule has 0 aromatic heterocycles. The number of Topliss-reactive ketones (excluding diaryl/α,β-unsaturated/α-hetero) is 1. The van der Waals surface area contributed by atoms with E-state index < -0.39 is 0 Å². The molecule has 0 aliphatic rings. The van der Waals surface area contributed by atoms with Crippen LogP contribution in [0.3, 0.4) is 0 Å².